The molecule has 2 N–H and O–H groups in total. The van der Waals surface area contributed by atoms with Crippen LogP contribution in [0, 0.1) is 29.0 Å². The average molecular weight is 589 g/mol. The first-order valence-electron chi connectivity index (χ1n) is 15.8. The van der Waals surface area contributed by atoms with E-state index in [1.54, 1.807) is 18.2 Å². The first-order chi connectivity index (χ1) is 20.7. The largest absolute Gasteiger partial charge is 0.497 e. The van der Waals surface area contributed by atoms with Gasteiger partial charge in [0, 0.05) is 31.7 Å². The number of nitrogens with two attached hydrogens (primary N) is 1. The smallest absolute Gasteiger partial charge is 0.261 e. The standard InChI is InChI=1S/C34H45FN6O2/c1-22-28-17-24(34(28,2)3)18-31(22)41(16-15-39-12-5-6-13-39)33(36)38-25-8-10-27-30(19-25)37-21-40(32(27)42)14-11-23-7-9-26(43-4)20-29(23)35/h7-10,19-22,24,28,31H,5-6,11-18H2,1-4H3,(H2,36,38)/t22-,24-,28+,31?/m0/s1. The molecule has 3 aliphatic carbocycles. The van der Waals surface area contributed by atoms with Crippen LogP contribution in [0.4, 0.5) is 10.1 Å². The molecule has 0 amide bonds. The van der Waals surface area contributed by atoms with Crippen molar-refractivity contribution in [1.82, 2.24) is 19.4 Å². The molecule has 7 rings (SSSR count). The Morgan fingerprint density at radius 3 is 2.65 bits per heavy atom. The molecular formula is C34H45FN6O2. The summed E-state index contributed by atoms with van der Waals surface area (Å²) in [5.74, 6) is 2.66. The summed E-state index contributed by atoms with van der Waals surface area (Å²) < 4.78 is 21.0. The number of ether oxygens (including phenoxy) is 1. The third-order valence-electron chi connectivity index (χ3n) is 10.8. The lowest BCUT2D eigenvalue weighted by Crippen LogP contribution is -2.63. The minimum Gasteiger partial charge on any atom is -0.497 e. The van der Waals surface area contributed by atoms with Crippen molar-refractivity contribution >= 4 is 22.5 Å². The zero-order chi connectivity index (χ0) is 30.3. The third kappa shape index (κ3) is 5.76. The predicted octanol–water partition coefficient (Wildman–Crippen LogP) is 5.20. The van der Waals surface area contributed by atoms with E-state index in [0.29, 0.717) is 70.1 Å². The Hall–Kier alpha value is -3.46. The van der Waals surface area contributed by atoms with Crippen molar-refractivity contribution in [2.45, 2.75) is 65.5 Å². The maximum Gasteiger partial charge on any atom is 0.261 e. The molecule has 4 atom stereocenters. The van der Waals surface area contributed by atoms with E-state index in [-0.39, 0.29) is 11.4 Å². The first kappa shape index (κ1) is 29.6. The van der Waals surface area contributed by atoms with Crippen molar-refractivity contribution in [3.63, 3.8) is 0 Å². The summed E-state index contributed by atoms with van der Waals surface area (Å²) in [4.78, 5) is 27.6. The number of aliphatic imine (C=N–C) groups is 1. The Kier molecular flexibility index (Phi) is 8.20. The maximum atomic E-state index is 14.4. The van der Waals surface area contributed by atoms with E-state index in [1.807, 2.05) is 12.1 Å². The summed E-state index contributed by atoms with van der Waals surface area (Å²) in [5, 5.41) is 0.504. The van der Waals surface area contributed by atoms with Crippen molar-refractivity contribution in [1.29, 1.82) is 0 Å². The maximum absolute atomic E-state index is 14.4. The predicted molar refractivity (Wildman–Crippen MR) is 169 cm³/mol. The molecule has 0 radical (unpaired) electrons. The third-order valence-corrected chi connectivity index (χ3v) is 10.8. The van der Waals surface area contributed by atoms with Gasteiger partial charge < -0.3 is 20.3 Å². The van der Waals surface area contributed by atoms with Crippen LogP contribution in [0.2, 0.25) is 0 Å². The summed E-state index contributed by atoms with van der Waals surface area (Å²) in [7, 11) is 1.51. The van der Waals surface area contributed by atoms with Crippen LogP contribution in [0.25, 0.3) is 10.9 Å². The molecule has 1 unspecified atom stereocenters. The highest BCUT2D eigenvalue weighted by molar-refractivity contribution is 5.85. The lowest BCUT2D eigenvalue weighted by molar-refractivity contribution is -0.129. The lowest BCUT2D eigenvalue weighted by Gasteiger charge is -2.63. The summed E-state index contributed by atoms with van der Waals surface area (Å²) in [6, 6.07) is 10.6. The van der Waals surface area contributed by atoms with Gasteiger partial charge in [0.25, 0.3) is 5.56 Å². The van der Waals surface area contributed by atoms with E-state index in [9.17, 15) is 9.18 Å². The van der Waals surface area contributed by atoms with Crippen molar-refractivity contribution in [3.05, 3.63) is 64.5 Å². The molecule has 1 aliphatic heterocycles. The number of aromatic nitrogens is 2. The van der Waals surface area contributed by atoms with E-state index in [4.69, 9.17) is 15.5 Å². The van der Waals surface area contributed by atoms with Crippen LogP contribution in [-0.4, -0.2) is 64.6 Å². The molecule has 2 bridgehead atoms. The minimum absolute atomic E-state index is 0.160. The number of halogens is 1. The van der Waals surface area contributed by atoms with Gasteiger partial charge in [-0.25, -0.2) is 14.4 Å². The van der Waals surface area contributed by atoms with Gasteiger partial charge in [-0.1, -0.05) is 26.8 Å². The lowest BCUT2D eigenvalue weighted by atomic mass is 9.44. The van der Waals surface area contributed by atoms with Gasteiger partial charge in [-0.05, 0) is 98.2 Å². The number of likely N-dealkylation sites (tertiary alicyclic amines) is 1. The molecule has 4 fully saturated rings. The summed E-state index contributed by atoms with van der Waals surface area (Å²) in [6.45, 7) is 11.8. The Morgan fingerprint density at radius 2 is 1.95 bits per heavy atom. The highest BCUT2D eigenvalue weighted by Crippen LogP contribution is 2.62. The van der Waals surface area contributed by atoms with Gasteiger partial charge in [-0.15, -0.1) is 0 Å². The molecule has 8 nitrogen and oxygen atoms in total. The van der Waals surface area contributed by atoms with Crippen molar-refractivity contribution in [2.24, 2.45) is 33.9 Å². The zero-order valence-electron chi connectivity index (χ0n) is 25.9. The van der Waals surface area contributed by atoms with E-state index >= 15 is 0 Å². The summed E-state index contributed by atoms with van der Waals surface area (Å²) in [6.07, 6.45) is 6.92. The van der Waals surface area contributed by atoms with Crippen molar-refractivity contribution in [2.75, 3.05) is 33.3 Å². The second kappa shape index (κ2) is 11.9. The molecule has 0 spiro atoms. The second-order valence-corrected chi connectivity index (χ2v) is 13.4. The zero-order valence-corrected chi connectivity index (χ0v) is 25.9. The fourth-order valence-corrected chi connectivity index (χ4v) is 7.91. The molecule has 2 heterocycles. The van der Waals surface area contributed by atoms with Crippen LogP contribution in [0.15, 0.2) is 52.5 Å². The van der Waals surface area contributed by atoms with Gasteiger partial charge in [0.15, 0.2) is 5.96 Å². The first-order valence-corrected chi connectivity index (χ1v) is 15.8. The van der Waals surface area contributed by atoms with E-state index < -0.39 is 0 Å². The Labute approximate surface area is 253 Å². The molecule has 1 saturated heterocycles. The molecule has 4 aliphatic rings. The number of fused-ring (bicyclic) bond motifs is 3. The van der Waals surface area contributed by atoms with Crippen LogP contribution in [0.1, 0.15) is 52.0 Å². The van der Waals surface area contributed by atoms with Crippen molar-refractivity contribution in [3.8, 4) is 5.75 Å². The summed E-state index contributed by atoms with van der Waals surface area (Å²) in [5.41, 5.74) is 8.84. The Morgan fingerprint density at radius 1 is 1.16 bits per heavy atom. The van der Waals surface area contributed by atoms with E-state index in [1.165, 1.54) is 43.3 Å². The molecule has 9 heteroatoms. The Balaban J connectivity index is 1.21. The highest BCUT2D eigenvalue weighted by atomic mass is 19.1. The molecule has 2 aromatic carbocycles. The van der Waals surface area contributed by atoms with E-state index in [2.05, 4.69) is 35.6 Å². The van der Waals surface area contributed by atoms with Gasteiger partial charge in [0.2, 0.25) is 0 Å². The quantitative estimate of drug-likeness (QED) is 0.273. The van der Waals surface area contributed by atoms with Gasteiger partial charge >= 0.3 is 0 Å². The molecule has 3 aromatic rings. The molecule has 1 aromatic heterocycles. The number of hydrogen-bond donors (Lipinski definition) is 1. The van der Waals surface area contributed by atoms with Crippen LogP contribution in [0.5, 0.6) is 5.75 Å². The number of methoxy groups -OCH3 is 1. The number of guanidine groups is 1. The highest BCUT2D eigenvalue weighted by Gasteiger charge is 2.57. The van der Waals surface area contributed by atoms with Crippen LogP contribution < -0.4 is 16.0 Å². The number of rotatable bonds is 9. The SMILES string of the molecule is COc1ccc(CCn2cnc3cc(N=C(N)N(CCN4CCCC4)C4C[C@@H]5C[C@H]([C@@H]4C)C5(C)C)ccc3c2=O)c(F)c1. The van der Waals surface area contributed by atoms with Crippen molar-refractivity contribution < 1.29 is 9.13 Å². The van der Waals surface area contributed by atoms with Crippen LogP contribution in [-0.2, 0) is 13.0 Å². The van der Waals surface area contributed by atoms with Crippen LogP contribution in [0.3, 0.4) is 0 Å². The number of hydrogen-bond acceptors (Lipinski definition) is 5. The monoisotopic (exact) mass is 588 g/mol. The van der Waals surface area contributed by atoms with Gasteiger partial charge in [-0.3, -0.25) is 9.36 Å². The number of benzene rings is 2. The summed E-state index contributed by atoms with van der Waals surface area (Å²) >= 11 is 0. The van der Waals surface area contributed by atoms with Gasteiger partial charge in [-0.2, -0.15) is 0 Å². The molecular weight excluding hydrogens is 543 g/mol. The fraction of sp³-hybridized carbons (Fsp3) is 0.559. The minimum atomic E-state index is -0.348. The molecule has 43 heavy (non-hydrogen) atoms. The topological polar surface area (TPSA) is 89.0 Å². The average Bonchev–Trinajstić information content (AvgIpc) is 3.51. The number of nitrogens with zero attached hydrogens (tertiary/aromatic N) is 5. The number of aryl methyl sites for hydroxylation is 2. The molecule has 230 valence electrons. The molecule has 3 saturated carbocycles. The second-order valence-electron chi connectivity index (χ2n) is 13.4. The normalized spacial score (nSPS) is 25.1. The van der Waals surface area contributed by atoms with E-state index in [0.717, 1.165) is 38.5 Å². The Bertz CT molecular complexity index is 1560. The van der Waals surface area contributed by atoms with Crippen LogP contribution >= 0.6 is 0 Å². The van der Waals surface area contributed by atoms with Gasteiger partial charge in [0.05, 0.1) is 30.0 Å². The fourth-order valence-electron chi connectivity index (χ4n) is 7.91. The van der Waals surface area contributed by atoms with Gasteiger partial charge in [0.1, 0.15) is 11.6 Å².